The normalized spacial score (nSPS) is 14.5. The first-order valence-corrected chi connectivity index (χ1v) is 11.8. The Morgan fingerprint density at radius 2 is 1.86 bits per heavy atom. The molecule has 3 aromatic rings. The molecular formula is C27H21ClN2O6S. The van der Waals surface area contributed by atoms with Gasteiger partial charge in [-0.1, -0.05) is 47.5 Å². The first-order valence-electron chi connectivity index (χ1n) is 11.0. The summed E-state index contributed by atoms with van der Waals surface area (Å²) in [5.41, 5.74) is 2.44. The fourth-order valence-corrected chi connectivity index (χ4v) is 4.19. The molecule has 0 saturated carbocycles. The van der Waals surface area contributed by atoms with Crippen molar-refractivity contribution in [1.29, 1.82) is 0 Å². The van der Waals surface area contributed by atoms with Crippen LogP contribution in [0.4, 0.5) is 5.69 Å². The second-order valence-electron chi connectivity index (χ2n) is 8.12. The molecule has 0 unspecified atom stereocenters. The van der Waals surface area contributed by atoms with Gasteiger partial charge in [-0.25, -0.2) is 4.79 Å². The van der Waals surface area contributed by atoms with Crippen LogP contribution >= 0.6 is 23.8 Å². The number of benzene rings is 3. The molecule has 1 aliphatic rings. The van der Waals surface area contributed by atoms with Crippen molar-refractivity contribution < 1.29 is 29.0 Å². The lowest BCUT2D eigenvalue weighted by atomic mass is 10.1. The summed E-state index contributed by atoms with van der Waals surface area (Å²) >= 11 is 11.7. The molecule has 3 aromatic carbocycles. The number of aryl methyl sites for hydroxylation is 1. The molecule has 4 rings (SSSR count). The van der Waals surface area contributed by atoms with Gasteiger partial charge in [-0.15, -0.1) is 0 Å². The molecule has 37 heavy (non-hydrogen) atoms. The summed E-state index contributed by atoms with van der Waals surface area (Å²) in [6, 6.07) is 16.7. The lowest BCUT2D eigenvalue weighted by molar-refractivity contribution is -0.122. The topological polar surface area (TPSA) is 105 Å². The molecule has 10 heteroatoms. The van der Waals surface area contributed by atoms with Crippen LogP contribution in [-0.2, 0) is 16.2 Å². The van der Waals surface area contributed by atoms with Crippen molar-refractivity contribution in [2.45, 2.75) is 13.5 Å². The minimum atomic E-state index is -1.16. The Kier molecular flexibility index (Phi) is 7.56. The molecule has 2 amide bonds. The number of ether oxygens (including phenoxy) is 2. The van der Waals surface area contributed by atoms with Gasteiger partial charge in [-0.05, 0) is 66.7 Å². The predicted octanol–water partition coefficient (Wildman–Crippen LogP) is 4.77. The first-order chi connectivity index (χ1) is 17.7. The van der Waals surface area contributed by atoms with Gasteiger partial charge in [0.05, 0.1) is 23.4 Å². The summed E-state index contributed by atoms with van der Waals surface area (Å²) in [5, 5.41) is 11.8. The summed E-state index contributed by atoms with van der Waals surface area (Å²) in [4.78, 5) is 38.4. The average molecular weight is 537 g/mol. The van der Waals surface area contributed by atoms with Gasteiger partial charge in [0.1, 0.15) is 12.2 Å². The molecule has 0 radical (unpaired) electrons. The van der Waals surface area contributed by atoms with Gasteiger partial charge in [0.25, 0.3) is 11.8 Å². The molecule has 1 aliphatic heterocycles. The van der Waals surface area contributed by atoms with Crippen LogP contribution < -0.4 is 19.7 Å². The van der Waals surface area contributed by atoms with E-state index in [9.17, 15) is 19.5 Å². The molecule has 1 saturated heterocycles. The van der Waals surface area contributed by atoms with E-state index in [1.54, 1.807) is 12.1 Å². The summed E-state index contributed by atoms with van der Waals surface area (Å²) in [6.07, 6.45) is 1.35. The molecule has 0 aliphatic carbocycles. The number of aromatic carboxylic acids is 1. The van der Waals surface area contributed by atoms with Gasteiger partial charge in [-0.3, -0.25) is 19.8 Å². The number of thiocarbonyl (C=S) groups is 1. The Hall–Kier alpha value is -4.21. The number of anilines is 1. The number of carbonyl (C=O) groups is 3. The van der Waals surface area contributed by atoms with E-state index in [4.69, 9.17) is 33.3 Å². The van der Waals surface area contributed by atoms with Crippen molar-refractivity contribution in [2.24, 2.45) is 0 Å². The molecule has 0 spiro atoms. The monoisotopic (exact) mass is 536 g/mol. The van der Waals surface area contributed by atoms with Crippen LogP contribution in [0.2, 0.25) is 5.02 Å². The number of methoxy groups -OCH3 is 1. The number of rotatable bonds is 7. The zero-order valence-electron chi connectivity index (χ0n) is 19.8. The second-order valence-corrected chi connectivity index (χ2v) is 8.92. The quantitative estimate of drug-likeness (QED) is 0.255. The minimum absolute atomic E-state index is 0.0340. The van der Waals surface area contributed by atoms with Gasteiger partial charge in [0.15, 0.2) is 16.6 Å². The fourth-order valence-electron chi connectivity index (χ4n) is 3.64. The van der Waals surface area contributed by atoms with E-state index in [0.717, 1.165) is 16.0 Å². The maximum atomic E-state index is 13.3. The molecule has 1 heterocycles. The van der Waals surface area contributed by atoms with Crippen LogP contribution in [-0.4, -0.2) is 35.1 Å². The standard InChI is InChI=1S/C27H21ClN2O6S/c1-15-6-8-16(9-7-15)14-36-23-21(28)11-17(12-22(23)35-2)10-20-24(31)29-27(37)30(25(20)32)19-5-3-4-18(13-19)26(33)34/h3-13H,14H2,1-2H3,(H,33,34)(H,29,31,37). The van der Waals surface area contributed by atoms with Crippen molar-refractivity contribution >= 4 is 58.5 Å². The SMILES string of the molecule is COc1cc(C=C2C(=O)NC(=S)N(c3cccc(C(=O)O)c3)C2=O)cc(Cl)c1OCc1ccc(C)cc1. The number of carboxylic acids is 1. The van der Waals surface area contributed by atoms with Crippen LogP contribution in [0.1, 0.15) is 27.0 Å². The third-order valence-electron chi connectivity index (χ3n) is 5.52. The number of hydrogen-bond acceptors (Lipinski definition) is 6. The molecule has 188 valence electrons. The molecular weight excluding hydrogens is 516 g/mol. The van der Waals surface area contributed by atoms with Crippen LogP contribution in [0.5, 0.6) is 11.5 Å². The molecule has 0 bridgehead atoms. The zero-order chi connectivity index (χ0) is 26.7. The van der Waals surface area contributed by atoms with Crippen LogP contribution in [0.3, 0.4) is 0 Å². The maximum absolute atomic E-state index is 13.3. The largest absolute Gasteiger partial charge is 0.493 e. The van der Waals surface area contributed by atoms with E-state index in [2.05, 4.69) is 5.32 Å². The summed E-state index contributed by atoms with van der Waals surface area (Å²) in [5.74, 6) is -1.94. The highest BCUT2D eigenvalue weighted by atomic mass is 35.5. The van der Waals surface area contributed by atoms with Gasteiger partial charge >= 0.3 is 5.97 Å². The van der Waals surface area contributed by atoms with E-state index in [-0.39, 0.29) is 33.6 Å². The van der Waals surface area contributed by atoms with E-state index in [1.807, 2.05) is 31.2 Å². The van der Waals surface area contributed by atoms with E-state index in [1.165, 1.54) is 37.5 Å². The van der Waals surface area contributed by atoms with E-state index < -0.39 is 17.8 Å². The third-order valence-corrected chi connectivity index (χ3v) is 6.08. The fraction of sp³-hybridized carbons (Fsp3) is 0.111. The Morgan fingerprint density at radius 3 is 2.54 bits per heavy atom. The van der Waals surface area contributed by atoms with E-state index >= 15 is 0 Å². The Labute approximate surface area is 223 Å². The Morgan fingerprint density at radius 1 is 1.14 bits per heavy atom. The Balaban J connectivity index is 1.64. The van der Waals surface area contributed by atoms with Crippen molar-refractivity contribution in [2.75, 3.05) is 12.0 Å². The zero-order valence-corrected chi connectivity index (χ0v) is 21.4. The predicted molar refractivity (Wildman–Crippen MR) is 143 cm³/mol. The highest BCUT2D eigenvalue weighted by Gasteiger charge is 2.35. The Bertz CT molecular complexity index is 1450. The lowest BCUT2D eigenvalue weighted by Crippen LogP contribution is -2.54. The summed E-state index contributed by atoms with van der Waals surface area (Å²) in [7, 11) is 1.45. The summed E-state index contributed by atoms with van der Waals surface area (Å²) in [6.45, 7) is 2.26. The minimum Gasteiger partial charge on any atom is -0.493 e. The third kappa shape index (κ3) is 5.63. The number of nitrogens with zero attached hydrogens (tertiary/aromatic N) is 1. The van der Waals surface area contributed by atoms with Crippen molar-refractivity contribution in [3.63, 3.8) is 0 Å². The number of carbonyl (C=O) groups excluding carboxylic acids is 2. The molecule has 0 aromatic heterocycles. The van der Waals surface area contributed by atoms with Crippen LogP contribution in [0.15, 0.2) is 66.2 Å². The number of nitrogens with one attached hydrogen (secondary N) is 1. The molecule has 8 nitrogen and oxygen atoms in total. The number of amides is 2. The number of halogens is 1. The maximum Gasteiger partial charge on any atom is 0.335 e. The number of carboxylic acid groups (broad SMARTS) is 1. The smallest absolute Gasteiger partial charge is 0.335 e. The van der Waals surface area contributed by atoms with Crippen molar-refractivity contribution in [1.82, 2.24) is 5.32 Å². The van der Waals surface area contributed by atoms with Gasteiger partial charge in [-0.2, -0.15) is 0 Å². The molecule has 2 N–H and O–H groups in total. The second kappa shape index (κ2) is 10.8. The van der Waals surface area contributed by atoms with E-state index in [0.29, 0.717) is 17.1 Å². The van der Waals surface area contributed by atoms with Gasteiger partial charge < -0.3 is 14.6 Å². The molecule has 1 fully saturated rings. The van der Waals surface area contributed by atoms with Crippen LogP contribution in [0, 0.1) is 6.92 Å². The summed E-state index contributed by atoms with van der Waals surface area (Å²) < 4.78 is 11.3. The highest BCUT2D eigenvalue weighted by molar-refractivity contribution is 7.80. The number of hydrogen-bond donors (Lipinski definition) is 2. The van der Waals surface area contributed by atoms with Gasteiger partial charge in [0.2, 0.25) is 0 Å². The molecule has 0 atom stereocenters. The van der Waals surface area contributed by atoms with Crippen molar-refractivity contribution in [3.8, 4) is 11.5 Å². The average Bonchev–Trinajstić information content (AvgIpc) is 2.86. The highest BCUT2D eigenvalue weighted by Crippen LogP contribution is 2.38. The van der Waals surface area contributed by atoms with Gasteiger partial charge in [0, 0.05) is 0 Å². The lowest BCUT2D eigenvalue weighted by Gasteiger charge is -2.29. The van der Waals surface area contributed by atoms with Crippen molar-refractivity contribution in [3.05, 3.63) is 93.5 Å². The first kappa shape index (κ1) is 25.9. The van der Waals surface area contributed by atoms with Crippen LogP contribution in [0.25, 0.3) is 6.08 Å².